The van der Waals surface area contributed by atoms with E-state index in [1.54, 1.807) is 18.8 Å². The van der Waals surface area contributed by atoms with Gasteiger partial charge in [-0.05, 0) is 30.0 Å². The number of nitrogens with zero attached hydrogens (tertiary/aromatic N) is 1. The normalized spacial score (nSPS) is 23.1. The maximum absolute atomic E-state index is 13.7. The number of ether oxygens (including phenoxy) is 2. The van der Waals surface area contributed by atoms with E-state index in [1.807, 2.05) is 0 Å². The number of nitrogens with one attached hydrogen (secondary N) is 2. The Bertz CT molecular complexity index is 1310. The molecule has 0 spiro atoms. The number of phenols is 2. The number of aromatic nitrogens is 2. The van der Waals surface area contributed by atoms with Crippen LogP contribution < -0.4 is 22.3 Å². The zero-order valence-corrected chi connectivity index (χ0v) is 21.1. The second-order valence-corrected chi connectivity index (χ2v) is 9.33. The predicted molar refractivity (Wildman–Crippen MR) is 131 cm³/mol. The average Bonchev–Trinajstić information content (AvgIpc) is 3.17. The van der Waals surface area contributed by atoms with Crippen molar-refractivity contribution in [3.63, 3.8) is 0 Å². The minimum atomic E-state index is -1.72. The number of phenolic OH excluding ortho intramolecular Hbond substituents is 2. The van der Waals surface area contributed by atoms with Crippen LogP contribution in [-0.4, -0.2) is 78.9 Å². The molecule has 0 aliphatic carbocycles. The van der Waals surface area contributed by atoms with E-state index in [0.29, 0.717) is 22.7 Å². The summed E-state index contributed by atoms with van der Waals surface area (Å²) in [5.41, 5.74) is 4.08. The van der Waals surface area contributed by atoms with Crippen molar-refractivity contribution in [2.24, 2.45) is 11.7 Å². The van der Waals surface area contributed by atoms with Crippen LogP contribution in [0.3, 0.4) is 0 Å². The lowest BCUT2D eigenvalue weighted by molar-refractivity contribution is -0.155. The number of carbonyl (C=O) groups excluding carboxylic acids is 2. The Morgan fingerprint density at radius 1 is 1.23 bits per heavy atom. The van der Waals surface area contributed by atoms with E-state index in [0.717, 1.165) is 0 Å². The highest BCUT2D eigenvalue weighted by Gasteiger charge is 2.45. The maximum Gasteiger partial charge on any atom is 0.330 e. The van der Waals surface area contributed by atoms with Crippen LogP contribution >= 0.6 is 0 Å². The first-order chi connectivity index (χ1) is 18.3. The van der Waals surface area contributed by atoms with Crippen LogP contribution in [0.2, 0.25) is 0 Å². The van der Waals surface area contributed by atoms with Crippen LogP contribution in [0, 0.1) is 11.7 Å². The molecule has 1 aromatic carbocycles. The van der Waals surface area contributed by atoms with Crippen molar-refractivity contribution in [3.05, 3.63) is 56.6 Å². The van der Waals surface area contributed by atoms with E-state index in [-0.39, 0.29) is 17.9 Å². The number of aromatic amines is 1. The number of aliphatic hydroxyl groups is 2. The number of hydrogen-bond donors (Lipinski definition) is 7. The van der Waals surface area contributed by atoms with Gasteiger partial charge in [0, 0.05) is 0 Å². The molecule has 1 aromatic heterocycles. The Balaban J connectivity index is 1.64. The minimum Gasteiger partial charge on any atom is -0.504 e. The van der Waals surface area contributed by atoms with Crippen molar-refractivity contribution < 1.29 is 43.9 Å². The number of nitrogens with two attached hydrogens (primary N) is 1. The quantitative estimate of drug-likeness (QED) is 0.130. The Kier molecular flexibility index (Phi) is 9.45. The number of rotatable bonds is 10. The minimum absolute atomic E-state index is 0.00591. The zero-order valence-electron chi connectivity index (χ0n) is 21.1. The van der Waals surface area contributed by atoms with Gasteiger partial charge in [-0.15, -0.1) is 0 Å². The third-order valence-electron chi connectivity index (χ3n) is 6.52. The third kappa shape index (κ3) is 6.81. The number of esters is 1. The molecule has 1 fully saturated rings. The summed E-state index contributed by atoms with van der Waals surface area (Å²) in [6, 6.07) is 1.73. The number of benzene rings is 1. The molecule has 214 valence electrons. The molecule has 1 amide bonds. The lowest BCUT2D eigenvalue weighted by Crippen LogP contribution is -2.52. The fraction of sp³-hybridized carbons (Fsp3) is 0.500. The van der Waals surface area contributed by atoms with Crippen LogP contribution in [0.15, 0.2) is 34.0 Å². The number of H-pyrrole nitrogens is 1. The number of carbonyl (C=O) groups is 2. The fourth-order valence-electron chi connectivity index (χ4n) is 3.97. The largest absolute Gasteiger partial charge is 0.504 e. The summed E-state index contributed by atoms with van der Waals surface area (Å²) in [6.45, 7) is 2.88. The lowest BCUT2D eigenvalue weighted by Gasteiger charge is -2.25. The molecule has 39 heavy (non-hydrogen) atoms. The smallest absolute Gasteiger partial charge is 0.330 e. The van der Waals surface area contributed by atoms with Gasteiger partial charge in [0.05, 0.1) is 12.2 Å². The van der Waals surface area contributed by atoms with Gasteiger partial charge >= 0.3 is 11.7 Å². The fourth-order valence-corrected chi connectivity index (χ4v) is 3.97. The summed E-state index contributed by atoms with van der Waals surface area (Å²) < 4.78 is 24.9. The molecule has 1 aliphatic rings. The van der Waals surface area contributed by atoms with E-state index >= 15 is 0 Å². The van der Waals surface area contributed by atoms with Crippen molar-refractivity contribution in [2.75, 3.05) is 6.61 Å². The van der Waals surface area contributed by atoms with Gasteiger partial charge in [-0.25, -0.2) is 9.59 Å². The van der Waals surface area contributed by atoms with Gasteiger partial charge < -0.3 is 41.0 Å². The van der Waals surface area contributed by atoms with Crippen molar-refractivity contribution in [2.45, 2.75) is 63.3 Å². The van der Waals surface area contributed by atoms with Crippen molar-refractivity contribution in [3.8, 4) is 11.5 Å². The first-order valence-corrected chi connectivity index (χ1v) is 12.1. The molecule has 3 rings (SSSR count). The van der Waals surface area contributed by atoms with E-state index in [2.05, 4.69) is 5.32 Å². The number of aromatic hydroxyl groups is 2. The van der Waals surface area contributed by atoms with Crippen LogP contribution in [0.4, 0.5) is 4.39 Å². The molecule has 15 heteroatoms. The van der Waals surface area contributed by atoms with Gasteiger partial charge in [-0.3, -0.25) is 19.1 Å². The summed E-state index contributed by atoms with van der Waals surface area (Å²) in [4.78, 5) is 50.6. The highest BCUT2D eigenvalue weighted by atomic mass is 19.1. The second-order valence-electron chi connectivity index (χ2n) is 9.33. The average molecular weight is 555 g/mol. The van der Waals surface area contributed by atoms with Crippen LogP contribution in [0.5, 0.6) is 11.5 Å². The SMILES string of the molecule is CC[C@H](C)[C@H](NC(=O)[C@@H](N)Cc1ccc(O)c(O)c1)C(=O)OC[C@H]1O[C@@H](n2cc(F)c(=O)[nH]c2=O)[C@H](O)[C@@H]1O. The van der Waals surface area contributed by atoms with Gasteiger partial charge in [-0.2, -0.15) is 4.39 Å². The summed E-state index contributed by atoms with van der Waals surface area (Å²) >= 11 is 0. The Labute approximate surface area is 220 Å². The topological polar surface area (TPSA) is 226 Å². The molecule has 0 unspecified atom stereocenters. The van der Waals surface area contributed by atoms with Gasteiger partial charge in [0.2, 0.25) is 11.7 Å². The van der Waals surface area contributed by atoms with E-state index in [1.165, 1.54) is 18.2 Å². The third-order valence-corrected chi connectivity index (χ3v) is 6.52. The number of amides is 1. The molecule has 1 saturated heterocycles. The molecule has 0 radical (unpaired) electrons. The summed E-state index contributed by atoms with van der Waals surface area (Å²) in [5, 5.41) is 42.2. The molecular weight excluding hydrogens is 523 g/mol. The second kappa shape index (κ2) is 12.4. The maximum atomic E-state index is 13.7. The summed E-state index contributed by atoms with van der Waals surface area (Å²) in [7, 11) is 0. The van der Waals surface area contributed by atoms with Gasteiger partial charge in [0.1, 0.15) is 31.0 Å². The molecule has 1 aliphatic heterocycles. The lowest BCUT2D eigenvalue weighted by atomic mass is 9.98. The van der Waals surface area contributed by atoms with Crippen molar-refractivity contribution in [1.29, 1.82) is 0 Å². The van der Waals surface area contributed by atoms with Crippen LogP contribution in [-0.2, 0) is 25.5 Å². The number of aliphatic hydroxyl groups excluding tert-OH is 2. The van der Waals surface area contributed by atoms with Crippen molar-refractivity contribution >= 4 is 11.9 Å². The van der Waals surface area contributed by atoms with E-state index < -0.39 is 78.1 Å². The monoisotopic (exact) mass is 554 g/mol. The standard InChI is InChI=1S/C24H31FN4O10/c1-3-10(2)17(27-21(35)13(26)6-11-4-5-14(30)15(31)7-11)23(36)38-9-16-18(32)19(33)22(39-16)29-8-12(25)20(34)28-24(29)37/h4-5,7-8,10,13,16-19,22,30-33H,3,6,9,26H2,1-2H3,(H,27,35)(H,28,34,37)/t10-,13-,16+,17-,18+,19+,22+/m0/s1. The van der Waals surface area contributed by atoms with E-state index in [9.17, 15) is 44.0 Å². The molecule has 0 saturated carbocycles. The first kappa shape index (κ1) is 29.8. The molecule has 14 nitrogen and oxygen atoms in total. The molecule has 7 atom stereocenters. The first-order valence-electron chi connectivity index (χ1n) is 12.1. The predicted octanol–water partition coefficient (Wildman–Crippen LogP) is -1.65. The van der Waals surface area contributed by atoms with Gasteiger partial charge in [0.25, 0.3) is 5.56 Å². The highest BCUT2D eigenvalue weighted by Crippen LogP contribution is 2.29. The van der Waals surface area contributed by atoms with Crippen molar-refractivity contribution in [1.82, 2.24) is 14.9 Å². The van der Waals surface area contributed by atoms with Gasteiger partial charge in [0.15, 0.2) is 17.7 Å². The Morgan fingerprint density at radius 3 is 2.56 bits per heavy atom. The molecule has 2 aromatic rings. The number of halogens is 1. The zero-order chi connectivity index (χ0) is 29.0. The van der Waals surface area contributed by atoms with Crippen LogP contribution in [0.25, 0.3) is 0 Å². The molecular formula is C24H31FN4O10. The summed E-state index contributed by atoms with van der Waals surface area (Å²) in [6.07, 6.45) is -5.29. The van der Waals surface area contributed by atoms with Crippen LogP contribution in [0.1, 0.15) is 32.1 Å². The number of hydrogen-bond acceptors (Lipinski definition) is 11. The molecule has 2 heterocycles. The Hall–Kier alpha value is -3.79. The molecule has 0 bridgehead atoms. The highest BCUT2D eigenvalue weighted by molar-refractivity contribution is 5.87. The summed E-state index contributed by atoms with van der Waals surface area (Å²) in [5.74, 6) is -3.99. The van der Waals surface area contributed by atoms with E-state index in [4.69, 9.17) is 15.2 Å². The Morgan fingerprint density at radius 2 is 1.92 bits per heavy atom. The molecule has 8 N–H and O–H groups in total. The van der Waals surface area contributed by atoms with Gasteiger partial charge in [-0.1, -0.05) is 26.3 Å².